The molecule has 0 aliphatic carbocycles. The Morgan fingerprint density at radius 2 is 2.14 bits per heavy atom. The maximum absolute atomic E-state index is 13.3. The van der Waals surface area contributed by atoms with Crippen molar-refractivity contribution in [3.63, 3.8) is 0 Å². The van der Waals surface area contributed by atoms with Crippen LogP contribution in [0.3, 0.4) is 0 Å². The number of hydrogen-bond donors (Lipinski definition) is 2. The fourth-order valence-corrected chi connectivity index (χ4v) is 2.96. The van der Waals surface area contributed by atoms with Crippen LogP contribution in [0.2, 0.25) is 0 Å². The molecular weight excluding hydrogens is 435 g/mol. The summed E-state index contributed by atoms with van der Waals surface area (Å²) in [4.78, 5) is 33.2. The topological polar surface area (TPSA) is 105 Å². The van der Waals surface area contributed by atoms with E-state index in [1.807, 2.05) is 4.90 Å². The van der Waals surface area contributed by atoms with Crippen LogP contribution in [-0.4, -0.2) is 52.2 Å². The molecule has 1 amide bonds. The SMILES string of the molecule is CCC(NC(=O)c1cnc(N2CC(Oc3cc(F)ccc3Br)C2)cn1)C(=O)O. The number of aromatic nitrogens is 2. The maximum atomic E-state index is 13.3. The number of amides is 1. The van der Waals surface area contributed by atoms with Gasteiger partial charge >= 0.3 is 5.97 Å². The lowest BCUT2D eigenvalue weighted by atomic mass is 10.1. The molecule has 0 saturated carbocycles. The number of aliphatic carboxylic acids is 1. The Hall–Kier alpha value is -2.75. The number of halogens is 2. The zero-order chi connectivity index (χ0) is 20.3. The molecule has 2 aromatic rings. The van der Waals surface area contributed by atoms with Crippen molar-refractivity contribution < 1.29 is 23.8 Å². The van der Waals surface area contributed by atoms with Gasteiger partial charge in [0.1, 0.15) is 35.2 Å². The van der Waals surface area contributed by atoms with Crippen LogP contribution >= 0.6 is 15.9 Å². The summed E-state index contributed by atoms with van der Waals surface area (Å²) in [6, 6.07) is 3.28. The molecule has 28 heavy (non-hydrogen) atoms. The van der Waals surface area contributed by atoms with Crippen LogP contribution in [0.25, 0.3) is 0 Å². The predicted molar refractivity (Wildman–Crippen MR) is 102 cm³/mol. The Bertz CT molecular complexity index is 874. The van der Waals surface area contributed by atoms with Crippen molar-refractivity contribution in [2.24, 2.45) is 0 Å². The number of hydrogen-bond acceptors (Lipinski definition) is 6. The molecule has 1 aliphatic heterocycles. The summed E-state index contributed by atoms with van der Waals surface area (Å²) in [7, 11) is 0. The van der Waals surface area contributed by atoms with E-state index in [1.165, 1.54) is 24.5 Å². The van der Waals surface area contributed by atoms with E-state index in [9.17, 15) is 14.0 Å². The van der Waals surface area contributed by atoms with Crippen molar-refractivity contribution >= 4 is 33.6 Å². The van der Waals surface area contributed by atoms with Crippen LogP contribution in [-0.2, 0) is 4.79 Å². The summed E-state index contributed by atoms with van der Waals surface area (Å²) in [5.74, 6) is -1.06. The molecule has 3 rings (SSSR count). The monoisotopic (exact) mass is 452 g/mol. The van der Waals surface area contributed by atoms with Crippen molar-refractivity contribution in [3.05, 3.63) is 46.6 Å². The first-order chi connectivity index (χ1) is 13.4. The molecule has 1 unspecified atom stereocenters. The number of nitrogens with zero attached hydrogens (tertiary/aromatic N) is 3. The van der Waals surface area contributed by atoms with Crippen LogP contribution in [0.1, 0.15) is 23.8 Å². The number of rotatable bonds is 7. The third-order valence-electron chi connectivity index (χ3n) is 4.24. The third-order valence-corrected chi connectivity index (χ3v) is 4.90. The molecular formula is C18H18BrFN4O4. The van der Waals surface area contributed by atoms with Crippen LogP contribution in [0.5, 0.6) is 5.75 Å². The highest BCUT2D eigenvalue weighted by Crippen LogP contribution is 2.29. The molecule has 1 aromatic heterocycles. The molecule has 1 aromatic carbocycles. The molecule has 0 radical (unpaired) electrons. The molecule has 2 heterocycles. The van der Waals surface area contributed by atoms with Gasteiger partial charge in [0.25, 0.3) is 5.91 Å². The fourth-order valence-electron chi connectivity index (χ4n) is 2.62. The van der Waals surface area contributed by atoms with Gasteiger partial charge < -0.3 is 20.1 Å². The summed E-state index contributed by atoms with van der Waals surface area (Å²) in [6.45, 7) is 2.75. The number of carbonyl (C=O) groups excluding carboxylic acids is 1. The molecule has 148 valence electrons. The number of carboxylic acids is 1. The lowest BCUT2D eigenvalue weighted by Gasteiger charge is -2.39. The molecule has 10 heteroatoms. The van der Waals surface area contributed by atoms with E-state index in [0.717, 1.165) is 0 Å². The minimum atomic E-state index is -1.10. The fraction of sp³-hybridized carbons (Fsp3) is 0.333. The summed E-state index contributed by atoms with van der Waals surface area (Å²) in [5, 5.41) is 11.4. The Labute approximate surface area is 168 Å². The number of carbonyl (C=O) groups is 2. The largest absolute Gasteiger partial charge is 0.485 e. The van der Waals surface area contributed by atoms with Gasteiger partial charge in [0, 0.05) is 6.07 Å². The molecule has 1 fully saturated rings. The highest BCUT2D eigenvalue weighted by molar-refractivity contribution is 9.10. The highest BCUT2D eigenvalue weighted by Gasteiger charge is 2.30. The first-order valence-electron chi connectivity index (χ1n) is 8.59. The molecule has 8 nitrogen and oxygen atoms in total. The normalized spacial score (nSPS) is 14.9. The maximum Gasteiger partial charge on any atom is 0.326 e. The summed E-state index contributed by atoms with van der Waals surface area (Å²) in [6.07, 6.45) is 2.90. The van der Waals surface area contributed by atoms with Crippen LogP contribution in [0.15, 0.2) is 35.1 Å². The summed E-state index contributed by atoms with van der Waals surface area (Å²) < 4.78 is 19.7. The van der Waals surface area contributed by atoms with Gasteiger partial charge in [-0.25, -0.2) is 19.2 Å². The second kappa shape index (κ2) is 8.51. The van der Waals surface area contributed by atoms with E-state index in [2.05, 4.69) is 31.2 Å². The Balaban J connectivity index is 1.55. The first kappa shape index (κ1) is 20.0. The molecule has 1 saturated heterocycles. The van der Waals surface area contributed by atoms with Gasteiger partial charge in [-0.2, -0.15) is 0 Å². The van der Waals surface area contributed by atoms with Crippen molar-refractivity contribution in [1.29, 1.82) is 0 Å². The van der Waals surface area contributed by atoms with Gasteiger partial charge in [0.15, 0.2) is 0 Å². The minimum Gasteiger partial charge on any atom is -0.485 e. The Kier molecular flexibility index (Phi) is 6.08. The zero-order valence-corrected chi connectivity index (χ0v) is 16.5. The van der Waals surface area contributed by atoms with E-state index < -0.39 is 17.9 Å². The van der Waals surface area contributed by atoms with Crippen LogP contribution < -0.4 is 15.0 Å². The molecule has 0 spiro atoms. The van der Waals surface area contributed by atoms with Crippen molar-refractivity contribution in [1.82, 2.24) is 15.3 Å². The number of carboxylic acid groups (broad SMARTS) is 1. The Morgan fingerprint density at radius 1 is 1.39 bits per heavy atom. The highest BCUT2D eigenvalue weighted by atomic mass is 79.9. The second-order valence-corrected chi connectivity index (χ2v) is 7.11. The van der Waals surface area contributed by atoms with Crippen molar-refractivity contribution in [2.45, 2.75) is 25.5 Å². The lowest BCUT2D eigenvalue weighted by Crippen LogP contribution is -2.54. The van der Waals surface area contributed by atoms with E-state index >= 15 is 0 Å². The van der Waals surface area contributed by atoms with Gasteiger partial charge in [-0.15, -0.1) is 0 Å². The lowest BCUT2D eigenvalue weighted by molar-refractivity contribution is -0.139. The standard InChI is InChI=1S/C18H18BrFN4O4/c1-2-13(18(26)27)23-17(25)14-6-22-16(7-21-14)24-8-11(9-24)28-15-5-10(20)3-4-12(15)19/h3-7,11,13H,2,8-9H2,1H3,(H,23,25)(H,26,27). The Morgan fingerprint density at radius 3 is 2.75 bits per heavy atom. The predicted octanol–water partition coefficient (Wildman–Crippen LogP) is 2.24. The van der Waals surface area contributed by atoms with Crippen LogP contribution in [0.4, 0.5) is 10.2 Å². The molecule has 2 N–H and O–H groups in total. The molecule has 1 aliphatic rings. The molecule has 0 bridgehead atoms. The van der Waals surface area contributed by atoms with Gasteiger partial charge in [0.05, 0.1) is 30.0 Å². The van der Waals surface area contributed by atoms with Crippen molar-refractivity contribution in [2.75, 3.05) is 18.0 Å². The van der Waals surface area contributed by atoms with Gasteiger partial charge in [-0.1, -0.05) is 6.92 Å². The number of nitrogens with one attached hydrogen (secondary N) is 1. The van der Waals surface area contributed by atoms with E-state index in [4.69, 9.17) is 9.84 Å². The van der Waals surface area contributed by atoms with E-state index in [-0.39, 0.29) is 24.0 Å². The van der Waals surface area contributed by atoms with Gasteiger partial charge in [-0.3, -0.25) is 4.79 Å². The van der Waals surface area contributed by atoms with Crippen molar-refractivity contribution in [3.8, 4) is 5.75 Å². The summed E-state index contributed by atoms with van der Waals surface area (Å²) >= 11 is 3.32. The molecule has 1 atom stereocenters. The minimum absolute atomic E-state index is 0.0421. The average Bonchev–Trinajstić information content (AvgIpc) is 2.64. The smallest absolute Gasteiger partial charge is 0.326 e. The average molecular weight is 453 g/mol. The van der Waals surface area contributed by atoms with Gasteiger partial charge in [0.2, 0.25) is 0 Å². The van der Waals surface area contributed by atoms with E-state index in [0.29, 0.717) is 29.1 Å². The first-order valence-corrected chi connectivity index (χ1v) is 9.39. The second-order valence-electron chi connectivity index (χ2n) is 6.25. The number of benzene rings is 1. The van der Waals surface area contributed by atoms with Crippen LogP contribution in [0, 0.1) is 5.82 Å². The van der Waals surface area contributed by atoms with E-state index in [1.54, 1.807) is 13.0 Å². The number of anilines is 1. The van der Waals surface area contributed by atoms with Gasteiger partial charge in [-0.05, 0) is 34.5 Å². The zero-order valence-electron chi connectivity index (χ0n) is 14.9. The third kappa shape index (κ3) is 4.56. The number of ether oxygens (including phenoxy) is 1. The quantitative estimate of drug-likeness (QED) is 0.663. The summed E-state index contributed by atoms with van der Waals surface area (Å²) in [5.41, 5.74) is 0.0421.